The van der Waals surface area contributed by atoms with E-state index >= 15 is 0 Å². The summed E-state index contributed by atoms with van der Waals surface area (Å²) in [6.45, 7) is 1.54. The van der Waals surface area contributed by atoms with Gasteiger partial charge in [-0.3, -0.25) is 0 Å². The maximum atomic E-state index is 12.5. The molecule has 0 radical (unpaired) electrons. The van der Waals surface area contributed by atoms with Crippen LogP contribution in [0.5, 0.6) is 0 Å². The molecule has 3 rings (SSSR count). The fraction of sp³-hybridized carbons (Fsp3) is 0.600. The third-order valence-corrected chi connectivity index (χ3v) is 3.29. The lowest BCUT2D eigenvalue weighted by molar-refractivity contribution is -0.141. The van der Waals surface area contributed by atoms with E-state index in [4.69, 9.17) is 0 Å². The van der Waals surface area contributed by atoms with Gasteiger partial charge in [0.25, 0.3) is 0 Å². The van der Waals surface area contributed by atoms with Gasteiger partial charge in [0, 0.05) is 31.2 Å². The molecule has 1 aromatic rings. The molecule has 4 nitrogen and oxygen atoms in total. The highest BCUT2D eigenvalue weighted by Crippen LogP contribution is 2.32. The van der Waals surface area contributed by atoms with Crippen LogP contribution in [0.1, 0.15) is 12.1 Å². The molecule has 17 heavy (non-hydrogen) atoms. The molecule has 92 valence electrons. The first kappa shape index (κ1) is 10.8. The van der Waals surface area contributed by atoms with E-state index in [2.05, 4.69) is 15.3 Å². The number of piperazine rings is 1. The van der Waals surface area contributed by atoms with Crippen molar-refractivity contribution < 1.29 is 13.2 Å². The van der Waals surface area contributed by atoms with Gasteiger partial charge in [-0.2, -0.15) is 13.2 Å². The van der Waals surface area contributed by atoms with Crippen LogP contribution in [-0.4, -0.2) is 35.1 Å². The first-order valence-electron chi connectivity index (χ1n) is 5.43. The van der Waals surface area contributed by atoms with E-state index in [9.17, 15) is 13.2 Å². The molecule has 0 amide bonds. The maximum Gasteiger partial charge on any atom is 0.433 e. The van der Waals surface area contributed by atoms with Crippen molar-refractivity contribution in [1.29, 1.82) is 0 Å². The van der Waals surface area contributed by atoms with Crippen LogP contribution in [0, 0.1) is 0 Å². The molecule has 2 bridgehead atoms. The van der Waals surface area contributed by atoms with Crippen LogP contribution in [0.15, 0.2) is 12.4 Å². The summed E-state index contributed by atoms with van der Waals surface area (Å²) in [5, 5.41) is 3.29. The zero-order valence-electron chi connectivity index (χ0n) is 8.91. The predicted octanol–water partition coefficient (Wildman–Crippen LogP) is 1.05. The molecule has 2 fully saturated rings. The molecule has 1 aromatic heterocycles. The second-order valence-corrected chi connectivity index (χ2v) is 4.41. The number of alkyl halides is 3. The number of nitrogens with one attached hydrogen (secondary N) is 1. The lowest BCUT2D eigenvalue weighted by Gasteiger charge is -2.28. The van der Waals surface area contributed by atoms with Crippen LogP contribution in [0.4, 0.5) is 19.0 Å². The summed E-state index contributed by atoms with van der Waals surface area (Å²) < 4.78 is 37.6. The van der Waals surface area contributed by atoms with E-state index in [1.54, 1.807) is 0 Å². The first-order chi connectivity index (χ1) is 8.04. The third-order valence-electron chi connectivity index (χ3n) is 3.29. The van der Waals surface area contributed by atoms with Crippen LogP contribution in [0.2, 0.25) is 0 Å². The number of fused-ring (bicyclic) bond motifs is 2. The quantitative estimate of drug-likeness (QED) is 0.801. The maximum absolute atomic E-state index is 12.5. The summed E-state index contributed by atoms with van der Waals surface area (Å²) in [5.41, 5.74) is -0.877. The molecule has 0 aromatic carbocycles. The third kappa shape index (κ3) is 1.84. The lowest BCUT2D eigenvalue weighted by Crippen LogP contribution is -2.44. The standard InChI is InChI=1S/C10H11F3N4/c11-10(12,13)8-2-9(16-5-15-8)17-4-6-1-7(17)3-14-6/h2,5-7,14H,1,3-4H2. The molecule has 7 heteroatoms. The molecule has 0 spiro atoms. The monoisotopic (exact) mass is 244 g/mol. The van der Waals surface area contributed by atoms with Gasteiger partial charge in [-0.15, -0.1) is 0 Å². The minimum atomic E-state index is -4.41. The number of nitrogens with zero attached hydrogens (tertiary/aromatic N) is 3. The second kappa shape index (κ2) is 3.56. The van der Waals surface area contributed by atoms with Gasteiger partial charge >= 0.3 is 6.18 Å². The molecular weight excluding hydrogens is 233 g/mol. The zero-order valence-corrected chi connectivity index (χ0v) is 8.91. The summed E-state index contributed by atoms with van der Waals surface area (Å²) in [6, 6.07) is 1.67. The average Bonchev–Trinajstić information content (AvgIpc) is 2.89. The Hall–Kier alpha value is -1.37. The molecule has 2 aliphatic rings. The Kier molecular flexibility index (Phi) is 2.25. The smallest absolute Gasteiger partial charge is 0.351 e. The Morgan fingerprint density at radius 2 is 2.18 bits per heavy atom. The summed E-state index contributed by atoms with van der Waals surface area (Å²) in [6.07, 6.45) is -2.45. The summed E-state index contributed by atoms with van der Waals surface area (Å²) in [7, 11) is 0. The van der Waals surface area contributed by atoms with Crippen LogP contribution < -0.4 is 10.2 Å². The predicted molar refractivity (Wildman–Crippen MR) is 54.6 cm³/mol. The van der Waals surface area contributed by atoms with Crippen LogP contribution in [-0.2, 0) is 6.18 Å². The number of halogens is 3. The highest BCUT2D eigenvalue weighted by Gasteiger charge is 2.39. The van der Waals surface area contributed by atoms with E-state index in [-0.39, 0.29) is 6.04 Å². The number of rotatable bonds is 1. The Balaban J connectivity index is 1.89. The minimum absolute atomic E-state index is 0.260. The lowest BCUT2D eigenvalue weighted by atomic mass is 10.2. The fourth-order valence-corrected chi connectivity index (χ4v) is 2.50. The molecule has 3 heterocycles. The molecule has 1 N–H and O–H groups in total. The van der Waals surface area contributed by atoms with Crippen molar-refractivity contribution >= 4 is 5.82 Å². The van der Waals surface area contributed by atoms with Gasteiger partial charge in [-0.1, -0.05) is 0 Å². The van der Waals surface area contributed by atoms with Crippen molar-refractivity contribution in [2.24, 2.45) is 0 Å². The minimum Gasteiger partial charge on any atom is -0.351 e. The Morgan fingerprint density at radius 3 is 2.76 bits per heavy atom. The van der Waals surface area contributed by atoms with Gasteiger partial charge in [-0.05, 0) is 6.42 Å². The van der Waals surface area contributed by atoms with E-state index < -0.39 is 11.9 Å². The molecular formula is C10H11F3N4. The summed E-state index contributed by atoms with van der Waals surface area (Å²) >= 11 is 0. The Morgan fingerprint density at radius 1 is 1.35 bits per heavy atom. The Labute approximate surface area is 95.9 Å². The van der Waals surface area contributed by atoms with E-state index in [0.29, 0.717) is 11.9 Å². The number of hydrogen-bond acceptors (Lipinski definition) is 4. The molecule has 0 aliphatic carbocycles. The van der Waals surface area contributed by atoms with Crippen molar-refractivity contribution in [1.82, 2.24) is 15.3 Å². The van der Waals surface area contributed by atoms with E-state index in [1.165, 1.54) is 0 Å². The first-order valence-corrected chi connectivity index (χ1v) is 5.43. The molecule has 2 saturated heterocycles. The van der Waals surface area contributed by atoms with Gasteiger partial charge in [0.2, 0.25) is 0 Å². The van der Waals surface area contributed by atoms with Gasteiger partial charge < -0.3 is 10.2 Å². The normalized spacial score (nSPS) is 27.8. The highest BCUT2D eigenvalue weighted by molar-refractivity contribution is 5.44. The van der Waals surface area contributed by atoms with Crippen molar-refractivity contribution in [2.75, 3.05) is 18.0 Å². The van der Waals surface area contributed by atoms with Crippen LogP contribution in [0.25, 0.3) is 0 Å². The van der Waals surface area contributed by atoms with E-state index in [0.717, 1.165) is 31.9 Å². The van der Waals surface area contributed by atoms with E-state index in [1.807, 2.05) is 4.90 Å². The van der Waals surface area contributed by atoms with Gasteiger partial charge in [0.1, 0.15) is 17.8 Å². The second-order valence-electron chi connectivity index (χ2n) is 4.41. The Bertz CT molecular complexity index is 434. The molecule has 2 atom stereocenters. The molecule has 2 unspecified atom stereocenters. The van der Waals surface area contributed by atoms with Crippen molar-refractivity contribution in [3.63, 3.8) is 0 Å². The highest BCUT2D eigenvalue weighted by atomic mass is 19.4. The number of aromatic nitrogens is 2. The largest absolute Gasteiger partial charge is 0.433 e. The fourth-order valence-electron chi connectivity index (χ4n) is 2.50. The van der Waals surface area contributed by atoms with Crippen LogP contribution in [0.3, 0.4) is 0 Å². The van der Waals surface area contributed by atoms with Crippen molar-refractivity contribution in [2.45, 2.75) is 24.7 Å². The van der Waals surface area contributed by atoms with Crippen LogP contribution >= 0.6 is 0 Å². The summed E-state index contributed by atoms with van der Waals surface area (Å²) in [4.78, 5) is 9.14. The van der Waals surface area contributed by atoms with Gasteiger partial charge in [0.05, 0.1) is 0 Å². The van der Waals surface area contributed by atoms with Crippen molar-refractivity contribution in [3.05, 3.63) is 18.1 Å². The molecule has 2 aliphatic heterocycles. The van der Waals surface area contributed by atoms with Gasteiger partial charge in [0.15, 0.2) is 0 Å². The average molecular weight is 244 g/mol. The van der Waals surface area contributed by atoms with Crippen molar-refractivity contribution in [3.8, 4) is 0 Å². The summed E-state index contributed by atoms with van der Waals surface area (Å²) in [5.74, 6) is 0.376. The SMILES string of the molecule is FC(F)(F)c1cc(N2CC3CC2CN3)ncn1. The topological polar surface area (TPSA) is 41.0 Å². The molecule has 0 saturated carbocycles. The number of anilines is 1. The van der Waals surface area contributed by atoms with Gasteiger partial charge in [-0.25, -0.2) is 9.97 Å². The number of hydrogen-bond donors (Lipinski definition) is 1. The zero-order chi connectivity index (χ0) is 12.0.